The largest absolute Gasteiger partial charge is 0.328 e. The van der Waals surface area contributed by atoms with Crippen LogP contribution in [0.1, 0.15) is 12.2 Å². The van der Waals surface area contributed by atoms with Crippen LogP contribution in [0.5, 0.6) is 0 Å². The van der Waals surface area contributed by atoms with Crippen molar-refractivity contribution in [3.63, 3.8) is 0 Å². The summed E-state index contributed by atoms with van der Waals surface area (Å²) in [6.45, 7) is 0.909. The van der Waals surface area contributed by atoms with Gasteiger partial charge in [-0.15, -0.1) is 0 Å². The third-order valence-corrected chi connectivity index (χ3v) is 5.23. The highest BCUT2D eigenvalue weighted by Gasteiger charge is 2.16. The molecule has 0 atom stereocenters. The number of carbonyl (C=O) groups excluding carboxylic acids is 1. The molecule has 0 radical (unpaired) electrons. The summed E-state index contributed by atoms with van der Waals surface area (Å²) in [7, 11) is 0. The Morgan fingerprint density at radius 1 is 1.07 bits per heavy atom. The number of benzene rings is 2. The molecule has 0 saturated carbocycles. The van der Waals surface area contributed by atoms with Crippen molar-refractivity contribution in [2.45, 2.75) is 25.9 Å². The summed E-state index contributed by atoms with van der Waals surface area (Å²) in [6.07, 6.45) is 5.47. The van der Waals surface area contributed by atoms with Crippen molar-refractivity contribution in [1.29, 1.82) is 0 Å². The van der Waals surface area contributed by atoms with Gasteiger partial charge in [-0.1, -0.05) is 24.3 Å². The van der Waals surface area contributed by atoms with Crippen LogP contribution in [0.15, 0.2) is 65.8 Å². The second-order valence-electron chi connectivity index (χ2n) is 7.14. The monoisotopic (exact) mass is 385 g/mol. The van der Waals surface area contributed by atoms with E-state index in [2.05, 4.69) is 19.9 Å². The number of para-hydroxylation sites is 1. The van der Waals surface area contributed by atoms with Crippen LogP contribution < -0.4 is 10.9 Å². The van der Waals surface area contributed by atoms with Gasteiger partial charge in [0.05, 0.1) is 29.1 Å². The molecule has 1 aliphatic heterocycles. The van der Waals surface area contributed by atoms with Gasteiger partial charge in [0.25, 0.3) is 5.56 Å². The van der Waals surface area contributed by atoms with E-state index in [9.17, 15) is 9.59 Å². The Morgan fingerprint density at radius 3 is 2.76 bits per heavy atom. The predicted molar refractivity (Wildman–Crippen MR) is 111 cm³/mol. The Hall–Kier alpha value is -3.74. The molecule has 2 aromatic heterocycles. The van der Waals surface area contributed by atoms with Crippen molar-refractivity contribution in [3.8, 4) is 11.3 Å². The van der Waals surface area contributed by atoms with Gasteiger partial charge in [-0.05, 0) is 36.2 Å². The summed E-state index contributed by atoms with van der Waals surface area (Å²) in [5.41, 5.74) is 3.25. The van der Waals surface area contributed by atoms with E-state index in [0.29, 0.717) is 16.6 Å². The number of carbonyl (C=O) groups is 1. The van der Waals surface area contributed by atoms with E-state index >= 15 is 0 Å². The summed E-state index contributed by atoms with van der Waals surface area (Å²) in [5.74, 6) is 0.856. The molecule has 0 bridgehead atoms. The van der Waals surface area contributed by atoms with Crippen molar-refractivity contribution in [3.05, 3.63) is 77.2 Å². The second kappa shape index (κ2) is 7.01. The van der Waals surface area contributed by atoms with E-state index in [0.717, 1.165) is 36.5 Å². The fourth-order valence-electron chi connectivity index (χ4n) is 3.79. The maximum atomic E-state index is 12.5. The first-order valence-electron chi connectivity index (χ1n) is 9.58. The number of aryl methyl sites for hydroxylation is 1. The average Bonchev–Trinajstić information content (AvgIpc) is 3.35. The molecule has 7 nitrogen and oxygen atoms in total. The van der Waals surface area contributed by atoms with Crippen molar-refractivity contribution >= 4 is 22.5 Å². The summed E-state index contributed by atoms with van der Waals surface area (Å²) in [6, 6.07) is 14.8. The average molecular weight is 385 g/mol. The number of imidazole rings is 1. The molecule has 1 N–H and O–H groups in total. The minimum Gasteiger partial charge on any atom is -0.328 e. The maximum absolute atomic E-state index is 12.5. The molecule has 0 fully saturated rings. The number of anilines is 1. The summed E-state index contributed by atoms with van der Waals surface area (Å²) in [5, 5.41) is 3.34. The summed E-state index contributed by atoms with van der Waals surface area (Å²) in [4.78, 5) is 33.7. The fourth-order valence-corrected chi connectivity index (χ4v) is 3.79. The van der Waals surface area contributed by atoms with Crippen LogP contribution in [0.3, 0.4) is 0 Å². The molecule has 2 aromatic carbocycles. The van der Waals surface area contributed by atoms with Gasteiger partial charge in [0.2, 0.25) is 5.91 Å². The lowest BCUT2D eigenvalue weighted by molar-refractivity contribution is -0.116. The number of hydrogen-bond acceptors (Lipinski definition) is 4. The Kier molecular flexibility index (Phi) is 4.20. The van der Waals surface area contributed by atoms with Crippen molar-refractivity contribution < 1.29 is 4.79 Å². The lowest BCUT2D eigenvalue weighted by Gasteiger charge is -2.09. The topological polar surface area (TPSA) is 81.8 Å². The highest BCUT2D eigenvalue weighted by Crippen LogP contribution is 2.26. The molecule has 1 aliphatic rings. The van der Waals surface area contributed by atoms with Gasteiger partial charge in [-0.2, -0.15) is 0 Å². The van der Waals surface area contributed by atoms with Gasteiger partial charge < -0.3 is 9.88 Å². The second-order valence-corrected chi connectivity index (χ2v) is 7.14. The third kappa shape index (κ3) is 3.20. The predicted octanol–water partition coefficient (Wildman–Crippen LogP) is 2.84. The van der Waals surface area contributed by atoms with Gasteiger partial charge in [-0.25, -0.2) is 9.97 Å². The van der Waals surface area contributed by atoms with Gasteiger partial charge in [0, 0.05) is 18.7 Å². The van der Waals surface area contributed by atoms with Crippen LogP contribution in [-0.2, 0) is 24.3 Å². The lowest BCUT2D eigenvalue weighted by atomic mass is 10.1. The van der Waals surface area contributed by atoms with Crippen molar-refractivity contribution in [2.24, 2.45) is 0 Å². The molecule has 144 valence electrons. The van der Waals surface area contributed by atoms with E-state index in [1.807, 2.05) is 36.5 Å². The number of rotatable bonds is 4. The molecule has 0 saturated heterocycles. The molecule has 0 unspecified atom stereocenters. The van der Waals surface area contributed by atoms with Gasteiger partial charge >= 0.3 is 0 Å². The van der Waals surface area contributed by atoms with Crippen molar-refractivity contribution in [2.75, 3.05) is 5.32 Å². The normalized spacial score (nSPS) is 12.8. The van der Waals surface area contributed by atoms with Gasteiger partial charge in [-0.3, -0.25) is 14.2 Å². The van der Waals surface area contributed by atoms with Crippen LogP contribution in [0.4, 0.5) is 5.69 Å². The molecular formula is C22H19N5O2. The van der Waals surface area contributed by atoms with Crippen LogP contribution in [0.2, 0.25) is 0 Å². The van der Waals surface area contributed by atoms with E-state index in [-0.39, 0.29) is 18.0 Å². The fraction of sp³-hybridized carbons (Fsp3) is 0.182. The molecule has 4 aromatic rings. The highest BCUT2D eigenvalue weighted by molar-refractivity contribution is 5.91. The first-order chi connectivity index (χ1) is 14.2. The van der Waals surface area contributed by atoms with E-state index in [4.69, 9.17) is 0 Å². The van der Waals surface area contributed by atoms with E-state index in [1.54, 1.807) is 18.2 Å². The minimum absolute atomic E-state index is 0.0887. The Balaban J connectivity index is 1.31. The first kappa shape index (κ1) is 17.4. The molecule has 0 spiro atoms. The zero-order chi connectivity index (χ0) is 19.8. The summed E-state index contributed by atoms with van der Waals surface area (Å²) >= 11 is 0. The SMILES string of the molecule is O=C(Cn1cnc2ccccc2c1=O)Nc1ccc(-c2cnc3n2CCC3)cc1. The maximum Gasteiger partial charge on any atom is 0.261 e. The number of hydrogen-bond donors (Lipinski definition) is 1. The van der Waals surface area contributed by atoms with Crippen LogP contribution in [0, 0.1) is 0 Å². The number of amides is 1. The van der Waals surface area contributed by atoms with Crippen molar-refractivity contribution in [1.82, 2.24) is 19.1 Å². The van der Waals surface area contributed by atoms with Gasteiger partial charge in [0.15, 0.2) is 0 Å². The quantitative estimate of drug-likeness (QED) is 0.586. The smallest absolute Gasteiger partial charge is 0.261 e. The molecule has 0 aliphatic carbocycles. The van der Waals surface area contributed by atoms with Gasteiger partial charge in [0.1, 0.15) is 12.4 Å². The molecule has 5 rings (SSSR count). The van der Waals surface area contributed by atoms with Crippen LogP contribution in [0.25, 0.3) is 22.2 Å². The molecule has 1 amide bonds. The number of nitrogens with zero attached hydrogens (tertiary/aromatic N) is 4. The Labute approximate surface area is 166 Å². The minimum atomic E-state index is -0.276. The standard InChI is InChI=1S/C22H19N5O2/c28-21(13-26-14-24-18-5-2-1-4-17(18)22(26)29)25-16-9-7-15(8-10-16)19-12-23-20-6-3-11-27(19)20/h1-2,4-5,7-10,12,14H,3,6,11,13H2,(H,25,28). The Bertz CT molecular complexity index is 1270. The lowest BCUT2D eigenvalue weighted by Crippen LogP contribution is -2.27. The molecule has 3 heterocycles. The first-order valence-corrected chi connectivity index (χ1v) is 9.58. The van der Waals surface area contributed by atoms with Crippen LogP contribution in [-0.4, -0.2) is 25.0 Å². The molecular weight excluding hydrogens is 366 g/mol. The number of fused-ring (bicyclic) bond motifs is 2. The molecule has 7 heteroatoms. The highest BCUT2D eigenvalue weighted by atomic mass is 16.2. The third-order valence-electron chi connectivity index (χ3n) is 5.23. The van der Waals surface area contributed by atoms with Crippen LogP contribution >= 0.6 is 0 Å². The Morgan fingerprint density at radius 2 is 1.90 bits per heavy atom. The number of nitrogens with one attached hydrogen (secondary N) is 1. The molecule has 29 heavy (non-hydrogen) atoms. The van der Waals surface area contributed by atoms with E-state index in [1.165, 1.54) is 10.9 Å². The zero-order valence-corrected chi connectivity index (χ0v) is 15.7. The van der Waals surface area contributed by atoms with E-state index < -0.39 is 0 Å². The zero-order valence-electron chi connectivity index (χ0n) is 15.7. The summed E-state index contributed by atoms with van der Waals surface area (Å²) < 4.78 is 3.56. The number of aromatic nitrogens is 4.